The predicted octanol–water partition coefficient (Wildman–Crippen LogP) is 15.8. The molecule has 276 valence electrons. The van der Waals surface area contributed by atoms with Crippen molar-refractivity contribution in [3.05, 3.63) is 236 Å². The maximum atomic E-state index is 2.50. The summed E-state index contributed by atoms with van der Waals surface area (Å²) in [6.07, 6.45) is 0. The van der Waals surface area contributed by atoms with Gasteiger partial charge < -0.3 is 4.90 Å². The number of benzene rings is 9. The molecule has 0 saturated heterocycles. The fourth-order valence-electron chi connectivity index (χ4n) is 9.16. The SMILES string of the molecule is CC1(C)c2ccccc2-c2c(N(c3ccc(-c4ccccc4-c4ccccc4)cc3)c3ccccc3-c3ccccc3-c3ccccc3-c3ccccc3)cccc21. The van der Waals surface area contributed by atoms with Gasteiger partial charge in [-0.25, -0.2) is 0 Å². The summed E-state index contributed by atoms with van der Waals surface area (Å²) in [5, 5.41) is 0. The van der Waals surface area contributed by atoms with Crippen molar-refractivity contribution in [2.45, 2.75) is 19.3 Å². The highest BCUT2D eigenvalue weighted by Gasteiger charge is 2.38. The molecule has 1 heteroatoms. The van der Waals surface area contributed by atoms with E-state index in [9.17, 15) is 0 Å². The highest BCUT2D eigenvalue weighted by atomic mass is 15.1. The zero-order valence-corrected chi connectivity index (χ0v) is 32.8. The third kappa shape index (κ3) is 6.04. The number of hydrogen-bond acceptors (Lipinski definition) is 1. The van der Waals surface area contributed by atoms with Crippen LogP contribution in [-0.2, 0) is 5.41 Å². The van der Waals surface area contributed by atoms with E-state index in [4.69, 9.17) is 0 Å². The zero-order valence-electron chi connectivity index (χ0n) is 32.8. The second-order valence-electron chi connectivity index (χ2n) is 15.6. The largest absolute Gasteiger partial charge is 0.309 e. The van der Waals surface area contributed by atoms with Crippen molar-refractivity contribution < 1.29 is 0 Å². The van der Waals surface area contributed by atoms with Gasteiger partial charge in [-0.3, -0.25) is 0 Å². The first-order valence-electron chi connectivity index (χ1n) is 20.2. The Balaban J connectivity index is 1.19. The number of rotatable bonds is 8. The van der Waals surface area contributed by atoms with Gasteiger partial charge in [0.1, 0.15) is 0 Å². The fraction of sp³-hybridized carbons (Fsp3) is 0.0526. The van der Waals surface area contributed by atoms with E-state index in [2.05, 4.69) is 243 Å². The van der Waals surface area contributed by atoms with Crippen LogP contribution in [0.3, 0.4) is 0 Å². The predicted molar refractivity (Wildman–Crippen MR) is 246 cm³/mol. The van der Waals surface area contributed by atoms with Crippen molar-refractivity contribution >= 4 is 17.1 Å². The van der Waals surface area contributed by atoms with E-state index in [0.717, 1.165) is 11.4 Å². The summed E-state index contributed by atoms with van der Waals surface area (Å²) in [4.78, 5) is 2.50. The lowest BCUT2D eigenvalue weighted by atomic mass is 9.82. The van der Waals surface area contributed by atoms with Gasteiger partial charge in [0.15, 0.2) is 0 Å². The summed E-state index contributed by atoms with van der Waals surface area (Å²) in [6, 6.07) is 81.8. The van der Waals surface area contributed by atoms with Crippen molar-refractivity contribution in [3.8, 4) is 66.8 Å². The van der Waals surface area contributed by atoms with Gasteiger partial charge in [0, 0.05) is 22.2 Å². The van der Waals surface area contributed by atoms with Gasteiger partial charge in [0.25, 0.3) is 0 Å². The highest BCUT2D eigenvalue weighted by molar-refractivity contribution is 6.01. The molecule has 1 nitrogen and oxygen atoms in total. The number of para-hydroxylation sites is 1. The summed E-state index contributed by atoms with van der Waals surface area (Å²) in [5.74, 6) is 0. The zero-order chi connectivity index (χ0) is 39.1. The highest BCUT2D eigenvalue weighted by Crippen LogP contribution is 2.55. The van der Waals surface area contributed by atoms with Crippen LogP contribution in [0.2, 0.25) is 0 Å². The Labute approximate surface area is 342 Å². The molecule has 0 bridgehead atoms. The second-order valence-corrected chi connectivity index (χ2v) is 15.6. The molecule has 1 aliphatic carbocycles. The normalized spacial score (nSPS) is 12.4. The average Bonchev–Trinajstić information content (AvgIpc) is 3.54. The number of anilines is 3. The van der Waals surface area contributed by atoms with Crippen molar-refractivity contribution in [1.29, 1.82) is 0 Å². The van der Waals surface area contributed by atoms with Crippen LogP contribution < -0.4 is 4.90 Å². The first kappa shape index (κ1) is 35.2. The molecule has 0 amide bonds. The first-order valence-corrected chi connectivity index (χ1v) is 20.2. The van der Waals surface area contributed by atoms with Crippen LogP contribution in [0, 0.1) is 0 Å². The molecule has 10 rings (SSSR count). The van der Waals surface area contributed by atoms with E-state index in [-0.39, 0.29) is 5.41 Å². The van der Waals surface area contributed by atoms with E-state index in [1.807, 2.05) is 0 Å². The van der Waals surface area contributed by atoms with E-state index < -0.39 is 0 Å². The number of fused-ring (bicyclic) bond motifs is 3. The summed E-state index contributed by atoms with van der Waals surface area (Å²) in [5.41, 5.74) is 20.6. The summed E-state index contributed by atoms with van der Waals surface area (Å²) in [6.45, 7) is 4.72. The molecule has 9 aromatic carbocycles. The first-order chi connectivity index (χ1) is 28.6. The molecule has 0 aromatic heterocycles. The Morgan fingerprint density at radius 3 is 1.24 bits per heavy atom. The molecular weight excluding hydrogens is 699 g/mol. The van der Waals surface area contributed by atoms with Gasteiger partial charge in [-0.15, -0.1) is 0 Å². The minimum absolute atomic E-state index is 0.133. The molecule has 0 saturated carbocycles. The van der Waals surface area contributed by atoms with Gasteiger partial charge >= 0.3 is 0 Å². The average molecular weight is 742 g/mol. The van der Waals surface area contributed by atoms with Gasteiger partial charge in [0.2, 0.25) is 0 Å². The standard InChI is InChI=1S/C57H43N/c1-57(2)52-32-17-15-31-51(52)56-53(57)33-19-35-55(56)58(43-38-36-42(37-39-43)45-25-10-9-24-44(45)40-20-5-3-6-21-40)54-34-18-16-30-50(54)49-29-14-13-28-48(49)47-27-12-11-26-46(47)41-22-7-4-8-23-41/h3-39H,1-2H3. The lowest BCUT2D eigenvalue weighted by Gasteiger charge is -2.31. The lowest BCUT2D eigenvalue weighted by Crippen LogP contribution is -2.16. The van der Waals surface area contributed by atoms with Crippen LogP contribution in [0.15, 0.2) is 224 Å². The van der Waals surface area contributed by atoms with Crippen molar-refractivity contribution in [1.82, 2.24) is 0 Å². The number of nitrogens with zero attached hydrogens (tertiary/aromatic N) is 1. The molecule has 0 aliphatic heterocycles. The molecule has 1 aliphatic rings. The van der Waals surface area contributed by atoms with Gasteiger partial charge in [-0.2, -0.15) is 0 Å². The van der Waals surface area contributed by atoms with Crippen LogP contribution in [0.25, 0.3) is 66.8 Å². The summed E-state index contributed by atoms with van der Waals surface area (Å²) >= 11 is 0. The third-order valence-corrected chi connectivity index (χ3v) is 11.9. The Kier molecular flexibility index (Phi) is 8.92. The summed E-state index contributed by atoms with van der Waals surface area (Å²) in [7, 11) is 0. The Morgan fingerprint density at radius 2 is 0.655 bits per heavy atom. The van der Waals surface area contributed by atoms with Crippen LogP contribution in [0.4, 0.5) is 17.1 Å². The number of hydrogen-bond donors (Lipinski definition) is 0. The maximum absolute atomic E-state index is 2.50. The molecule has 0 N–H and O–H groups in total. The molecule has 9 aromatic rings. The summed E-state index contributed by atoms with van der Waals surface area (Å²) < 4.78 is 0. The van der Waals surface area contributed by atoms with Crippen LogP contribution in [-0.4, -0.2) is 0 Å². The molecule has 0 heterocycles. The Hall–Kier alpha value is -7.22. The van der Waals surface area contributed by atoms with Crippen LogP contribution in [0.5, 0.6) is 0 Å². The van der Waals surface area contributed by atoms with E-state index in [1.54, 1.807) is 0 Å². The minimum atomic E-state index is -0.133. The molecular formula is C57H43N. The molecule has 0 atom stereocenters. The van der Waals surface area contributed by atoms with Crippen molar-refractivity contribution in [2.75, 3.05) is 4.90 Å². The Morgan fingerprint density at radius 1 is 0.276 bits per heavy atom. The monoisotopic (exact) mass is 741 g/mol. The van der Waals surface area contributed by atoms with E-state index >= 15 is 0 Å². The quantitative estimate of drug-likeness (QED) is 0.150. The molecule has 0 radical (unpaired) electrons. The van der Waals surface area contributed by atoms with Crippen LogP contribution >= 0.6 is 0 Å². The van der Waals surface area contributed by atoms with E-state index in [1.165, 1.54) is 83.6 Å². The van der Waals surface area contributed by atoms with Crippen molar-refractivity contribution in [3.63, 3.8) is 0 Å². The Bertz CT molecular complexity index is 2900. The lowest BCUT2D eigenvalue weighted by molar-refractivity contribution is 0.660. The molecule has 0 unspecified atom stereocenters. The topological polar surface area (TPSA) is 3.24 Å². The smallest absolute Gasteiger partial charge is 0.0543 e. The van der Waals surface area contributed by atoms with Gasteiger partial charge in [-0.05, 0) is 91.0 Å². The van der Waals surface area contributed by atoms with E-state index in [0.29, 0.717) is 0 Å². The van der Waals surface area contributed by atoms with Crippen molar-refractivity contribution in [2.24, 2.45) is 0 Å². The minimum Gasteiger partial charge on any atom is -0.309 e. The third-order valence-electron chi connectivity index (χ3n) is 11.9. The van der Waals surface area contributed by atoms with Gasteiger partial charge in [-0.1, -0.05) is 214 Å². The molecule has 58 heavy (non-hydrogen) atoms. The molecule has 0 spiro atoms. The maximum Gasteiger partial charge on any atom is 0.0543 e. The fourth-order valence-corrected chi connectivity index (χ4v) is 9.16. The molecule has 0 fully saturated rings. The van der Waals surface area contributed by atoms with Gasteiger partial charge in [0.05, 0.1) is 11.4 Å². The second kappa shape index (κ2) is 14.7. The van der Waals surface area contributed by atoms with Crippen LogP contribution in [0.1, 0.15) is 25.0 Å².